The molecule has 24 heavy (non-hydrogen) atoms. The van der Waals surface area contributed by atoms with Crippen molar-refractivity contribution in [3.8, 4) is 0 Å². The molecule has 2 atom stereocenters. The predicted octanol–water partition coefficient (Wildman–Crippen LogP) is 3.94. The summed E-state index contributed by atoms with van der Waals surface area (Å²) in [5.41, 5.74) is 7.86. The average molecular weight is 393 g/mol. The van der Waals surface area contributed by atoms with Gasteiger partial charge in [0.2, 0.25) is 5.91 Å². The number of carbonyl (C=O) groups excluding carboxylic acids is 1. The lowest BCUT2D eigenvalue weighted by molar-refractivity contribution is -0.118. The first-order chi connectivity index (χ1) is 11.6. The minimum Gasteiger partial charge on any atom is -0.395 e. The van der Waals surface area contributed by atoms with Gasteiger partial charge in [-0.25, -0.2) is 0 Å². The van der Waals surface area contributed by atoms with Gasteiger partial charge in [0, 0.05) is 34.5 Å². The highest BCUT2D eigenvalue weighted by molar-refractivity contribution is 9.10. The molecule has 5 heteroatoms. The maximum absolute atomic E-state index is 11.1. The predicted molar refractivity (Wildman–Crippen MR) is 99.9 cm³/mol. The van der Waals surface area contributed by atoms with E-state index in [0.29, 0.717) is 24.8 Å². The monoisotopic (exact) mass is 392 g/mol. The topological polar surface area (TPSA) is 68.2 Å². The first-order valence-electron chi connectivity index (χ1n) is 8.76. The van der Waals surface area contributed by atoms with Crippen molar-refractivity contribution in [3.05, 3.63) is 34.4 Å². The van der Waals surface area contributed by atoms with Gasteiger partial charge in [-0.15, -0.1) is 0 Å². The number of aromatic nitrogens is 1. The van der Waals surface area contributed by atoms with Crippen LogP contribution in [0, 0.1) is 5.92 Å². The van der Waals surface area contributed by atoms with E-state index in [2.05, 4.69) is 38.8 Å². The van der Waals surface area contributed by atoms with Crippen molar-refractivity contribution in [2.45, 2.75) is 51.0 Å². The van der Waals surface area contributed by atoms with Gasteiger partial charge in [0.05, 0.1) is 6.61 Å². The summed E-state index contributed by atoms with van der Waals surface area (Å²) < 4.78 is 3.27. The molecular formula is C19H25BrN2O2. The molecule has 0 saturated heterocycles. The van der Waals surface area contributed by atoms with E-state index < -0.39 is 0 Å². The Hall–Kier alpha value is -1.33. The molecule has 0 radical (unpaired) electrons. The van der Waals surface area contributed by atoms with Crippen LogP contribution < -0.4 is 5.73 Å². The number of fused-ring (bicyclic) bond motifs is 1. The van der Waals surface area contributed by atoms with Crippen LogP contribution >= 0.6 is 15.9 Å². The molecule has 1 heterocycles. The zero-order valence-corrected chi connectivity index (χ0v) is 15.5. The molecule has 1 aliphatic rings. The Balaban J connectivity index is 1.89. The van der Waals surface area contributed by atoms with E-state index >= 15 is 0 Å². The lowest BCUT2D eigenvalue weighted by Crippen LogP contribution is -2.18. The number of aliphatic hydroxyl groups is 1. The number of aliphatic hydroxyl groups excluding tert-OH is 1. The van der Waals surface area contributed by atoms with Gasteiger partial charge >= 0.3 is 0 Å². The quantitative estimate of drug-likeness (QED) is 0.781. The van der Waals surface area contributed by atoms with E-state index in [4.69, 9.17) is 5.73 Å². The van der Waals surface area contributed by atoms with E-state index in [0.717, 1.165) is 17.3 Å². The van der Waals surface area contributed by atoms with Gasteiger partial charge in [0.15, 0.2) is 0 Å². The van der Waals surface area contributed by atoms with Gasteiger partial charge < -0.3 is 15.4 Å². The van der Waals surface area contributed by atoms with Crippen LogP contribution in [0.4, 0.5) is 0 Å². The average Bonchev–Trinajstić information content (AvgIpc) is 2.94. The molecule has 1 fully saturated rings. The number of nitrogens with zero attached hydrogens (tertiary/aromatic N) is 1. The van der Waals surface area contributed by atoms with Crippen LogP contribution in [0.5, 0.6) is 0 Å². The fourth-order valence-corrected chi connectivity index (χ4v) is 4.71. The Kier molecular flexibility index (Phi) is 5.61. The summed E-state index contributed by atoms with van der Waals surface area (Å²) in [5.74, 6) is 0.896. The minimum absolute atomic E-state index is 0.141. The molecule has 1 saturated carbocycles. The highest BCUT2D eigenvalue weighted by Gasteiger charge is 2.26. The standard InChI is InChI=1S/C19H25BrN2O2/c20-16-5-2-6-17-19(16)15(12-22(17)9-10-23)14-4-1-3-13(11-14)7-8-18(21)24/h2,5-6,12-14,23H,1,3-4,7-11H2,(H2,21,24). The maximum atomic E-state index is 11.1. The highest BCUT2D eigenvalue weighted by atomic mass is 79.9. The Bertz CT molecular complexity index is 725. The molecule has 1 aliphatic carbocycles. The zero-order valence-electron chi connectivity index (χ0n) is 13.9. The molecular weight excluding hydrogens is 368 g/mol. The minimum atomic E-state index is -0.195. The molecule has 130 valence electrons. The van der Waals surface area contributed by atoms with E-state index in [-0.39, 0.29) is 12.5 Å². The van der Waals surface area contributed by atoms with Crippen LogP contribution in [0.25, 0.3) is 10.9 Å². The molecule has 0 aliphatic heterocycles. The smallest absolute Gasteiger partial charge is 0.217 e. The second-order valence-electron chi connectivity index (χ2n) is 6.87. The van der Waals surface area contributed by atoms with Gasteiger partial charge in [0.1, 0.15) is 0 Å². The number of benzene rings is 1. The Morgan fingerprint density at radius 3 is 2.96 bits per heavy atom. The lowest BCUT2D eigenvalue weighted by atomic mass is 9.76. The maximum Gasteiger partial charge on any atom is 0.217 e. The number of amides is 1. The largest absolute Gasteiger partial charge is 0.395 e. The molecule has 2 aromatic rings. The van der Waals surface area contributed by atoms with Gasteiger partial charge in [-0.2, -0.15) is 0 Å². The Morgan fingerprint density at radius 1 is 1.38 bits per heavy atom. The summed E-state index contributed by atoms with van der Waals surface area (Å²) in [7, 11) is 0. The third-order valence-electron chi connectivity index (χ3n) is 5.25. The molecule has 1 aromatic heterocycles. The van der Waals surface area contributed by atoms with Crippen LogP contribution in [0.3, 0.4) is 0 Å². The lowest BCUT2D eigenvalue weighted by Gasteiger charge is -2.29. The van der Waals surface area contributed by atoms with Gasteiger partial charge in [-0.1, -0.05) is 34.8 Å². The Labute approximate surface area is 151 Å². The van der Waals surface area contributed by atoms with Crippen LogP contribution in [-0.2, 0) is 11.3 Å². The summed E-state index contributed by atoms with van der Waals surface area (Å²) in [6.45, 7) is 0.756. The van der Waals surface area contributed by atoms with Crippen LogP contribution in [0.1, 0.15) is 50.0 Å². The molecule has 3 rings (SSSR count). The summed E-state index contributed by atoms with van der Waals surface area (Å²) >= 11 is 3.71. The number of primary amides is 1. The van der Waals surface area contributed by atoms with Crippen molar-refractivity contribution in [1.29, 1.82) is 0 Å². The molecule has 2 unspecified atom stereocenters. The van der Waals surface area contributed by atoms with E-state index in [1.165, 1.54) is 35.7 Å². The number of hydrogen-bond donors (Lipinski definition) is 2. The third-order valence-corrected chi connectivity index (χ3v) is 5.91. The number of rotatable bonds is 6. The van der Waals surface area contributed by atoms with Crippen molar-refractivity contribution >= 4 is 32.7 Å². The molecule has 1 aromatic carbocycles. The van der Waals surface area contributed by atoms with Crippen LogP contribution in [0.2, 0.25) is 0 Å². The van der Waals surface area contributed by atoms with Crippen molar-refractivity contribution in [1.82, 2.24) is 4.57 Å². The number of carbonyl (C=O) groups is 1. The molecule has 0 spiro atoms. The van der Waals surface area contributed by atoms with Crippen molar-refractivity contribution in [3.63, 3.8) is 0 Å². The van der Waals surface area contributed by atoms with E-state index in [9.17, 15) is 9.90 Å². The second-order valence-corrected chi connectivity index (χ2v) is 7.72. The van der Waals surface area contributed by atoms with Crippen LogP contribution in [0.15, 0.2) is 28.9 Å². The van der Waals surface area contributed by atoms with E-state index in [1.54, 1.807) is 0 Å². The summed E-state index contributed by atoms with van der Waals surface area (Å²) in [5, 5.41) is 10.6. The van der Waals surface area contributed by atoms with Gasteiger partial charge in [0.25, 0.3) is 0 Å². The molecule has 0 bridgehead atoms. The zero-order chi connectivity index (χ0) is 17.1. The van der Waals surface area contributed by atoms with Crippen molar-refractivity contribution < 1.29 is 9.90 Å². The van der Waals surface area contributed by atoms with Crippen molar-refractivity contribution in [2.75, 3.05) is 6.61 Å². The first-order valence-corrected chi connectivity index (χ1v) is 9.56. The van der Waals surface area contributed by atoms with Crippen LogP contribution in [-0.4, -0.2) is 22.2 Å². The molecule has 1 amide bonds. The fourth-order valence-electron chi connectivity index (χ4n) is 4.12. The number of nitrogens with two attached hydrogens (primary N) is 1. The number of hydrogen-bond acceptors (Lipinski definition) is 2. The SMILES string of the molecule is NC(=O)CCC1CCCC(c2cn(CCO)c3cccc(Br)c23)C1. The third kappa shape index (κ3) is 3.67. The summed E-state index contributed by atoms with van der Waals surface area (Å²) in [6.07, 6.45) is 8.31. The highest BCUT2D eigenvalue weighted by Crippen LogP contribution is 2.42. The fraction of sp³-hybridized carbons (Fsp3) is 0.526. The molecule has 3 N–H and O–H groups in total. The normalized spacial score (nSPS) is 21.2. The van der Waals surface area contributed by atoms with E-state index in [1.807, 2.05) is 6.07 Å². The van der Waals surface area contributed by atoms with Gasteiger partial charge in [-0.3, -0.25) is 4.79 Å². The van der Waals surface area contributed by atoms with Crippen molar-refractivity contribution in [2.24, 2.45) is 11.7 Å². The number of halogens is 1. The first kappa shape index (κ1) is 17.5. The second kappa shape index (κ2) is 7.70. The Morgan fingerprint density at radius 2 is 2.21 bits per heavy atom. The summed E-state index contributed by atoms with van der Waals surface area (Å²) in [6, 6.07) is 6.25. The van der Waals surface area contributed by atoms with Gasteiger partial charge in [-0.05, 0) is 48.8 Å². The molecule has 4 nitrogen and oxygen atoms in total. The summed E-state index contributed by atoms with van der Waals surface area (Å²) in [4.78, 5) is 11.1.